The topological polar surface area (TPSA) is 12.0 Å². The van der Waals surface area contributed by atoms with Crippen molar-refractivity contribution >= 4 is 0 Å². The second-order valence-electron chi connectivity index (χ2n) is 5.36. The van der Waals surface area contributed by atoms with Crippen molar-refractivity contribution < 1.29 is 0 Å². The molecule has 1 saturated heterocycles. The Hall–Kier alpha value is -1.34. The van der Waals surface area contributed by atoms with Crippen molar-refractivity contribution in [1.82, 2.24) is 5.32 Å². The van der Waals surface area contributed by atoms with Gasteiger partial charge in [0.1, 0.15) is 0 Å². The van der Waals surface area contributed by atoms with E-state index in [4.69, 9.17) is 0 Å². The van der Waals surface area contributed by atoms with Gasteiger partial charge in [0.05, 0.1) is 0 Å². The average molecular weight is 241 g/mol. The van der Waals surface area contributed by atoms with Crippen molar-refractivity contribution in [3.05, 3.63) is 61.2 Å². The Morgan fingerprint density at radius 1 is 1.22 bits per heavy atom. The van der Waals surface area contributed by atoms with E-state index in [9.17, 15) is 0 Å². The van der Waals surface area contributed by atoms with E-state index in [0.29, 0.717) is 5.92 Å². The van der Waals surface area contributed by atoms with E-state index < -0.39 is 0 Å². The lowest BCUT2D eigenvalue weighted by atomic mass is 9.69. The lowest BCUT2D eigenvalue weighted by Crippen LogP contribution is -2.47. The Balaban J connectivity index is 2.26. The zero-order chi connectivity index (χ0) is 12.8. The molecular weight excluding hydrogens is 218 g/mol. The van der Waals surface area contributed by atoms with Crippen LogP contribution in [-0.4, -0.2) is 13.1 Å². The van der Waals surface area contributed by atoms with Gasteiger partial charge >= 0.3 is 0 Å². The van der Waals surface area contributed by atoms with Gasteiger partial charge in [-0.15, -0.1) is 13.2 Å². The molecule has 1 aliphatic rings. The molecule has 0 spiro atoms. The highest BCUT2D eigenvalue weighted by molar-refractivity contribution is 5.28. The summed E-state index contributed by atoms with van der Waals surface area (Å²) in [6.07, 6.45) is 7.46. The quantitative estimate of drug-likeness (QED) is 0.775. The summed E-state index contributed by atoms with van der Waals surface area (Å²) < 4.78 is 0. The predicted octanol–water partition coefficient (Wildman–Crippen LogP) is 3.69. The fourth-order valence-electron chi connectivity index (χ4n) is 3.18. The Morgan fingerprint density at radius 2 is 2.00 bits per heavy atom. The zero-order valence-corrected chi connectivity index (χ0v) is 11.1. The molecule has 1 aliphatic heterocycles. The SMILES string of the molecule is C=CCC1CNCC(CC=C)(c2ccccc2)C1. The molecule has 0 amide bonds. The van der Waals surface area contributed by atoms with Gasteiger partial charge in [0.15, 0.2) is 0 Å². The van der Waals surface area contributed by atoms with Crippen LogP contribution >= 0.6 is 0 Å². The first kappa shape index (κ1) is 13.1. The van der Waals surface area contributed by atoms with E-state index in [1.165, 1.54) is 12.0 Å². The maximum atomic E-state index is 3.95. The number of hydrogen-bond acceptors (Lipinski definition) is 1. The smallest absolute Gasteiger partial charge is 0.0115 e. The summed E-state index contributed by atoms with van der Waals surface area (Å²) in [5, 5.41) is 3.60. The lowest BCUT2D eigenvalue weighted by molar-refractivity contribution is 0.242. The van der Waals surface area contributed by atoms with E-state index >= 15 is 0 Å². The number of nitrogens with one attached hydrogen (secondary N) is 1. The molecule has 1 N–H and O–H groups in total. The van der Waals surface area contributed by atoms with Crippen molar-refractivity contribution in [2.24, 2.45) is 5.92 Å². The molecule has 2 rings (SSSR count). The Labute approximate surface area is 111 Å². The highest BCUT2D eigenvalue weighted by Gasteiger charge is 2.36. The molecule has 2 atom stereocenters. The molecule has 0 aromatic heterocycles. The fraction of sp³-hybridized carbons (Fsp3) is 0.412. The first-order valence-electron chi connectivity index (χ1n) is 6.79. The maximum Gasteiger partial charge on any atom is 0.0115 e. The summed E-state index contributed by atoms with van der Waals surface area (Å²) in [6, 6.07) is 10.9. The second-order valence-corrected chi connectivity index (χ2v) is 5.36. The van der Waals surface area contributed by atoms with Crippen LogP contribution in [0.5, 0.6) is 0 Å². The molecule has 0 aliphatic carbocycles. The van der Waals surface area contributed by atoms with E-state index in [1.807, 2.05) is 6.08 Å². The molecule has 0 radical (unpaired) electrons. The van der Waals surface area contributed by atoms with Gasteiger partial charge < -0.3 is 5.32 Å². The van der Waals surface area contributed by atoms with Crippen LogP contribution in [0, 0.1) is 5.92 Å². The third-order valence-corrected chi connectivity index (χ3v) is 4.00. The Kier molecular flexibility index (Phi) is 4.38. The number of benzene rings is 1. The molecular formula is C17H23N. The van der Waals surface area contributed by atoms with Crippen molar-refractivity contribution in [1.29, 1.82) is 0 Å². The fourth-order valence-corrected chi connectivity index (χ4v) is 3.18. The molecule has 1 aromatic rings. The van der Waals surface area contributed by atoms with Crippen LogP contribution in [0.3, 0.4) is 0 Å². The minimum absolute atomic E-state index is 0.217. The highest BCUT2D eigenvalue weighted by atomic mass is 14.9. The van der Waals surface area contributed by atoms with Crippen LogP contribution < -0.4 is 5.32 Å². The van der Waals surface area contributed by atoms with Gasteiger partial charge in [-0.2, -0.15) is 0 Å². The van der Waals surface area contributed by atoms with E-state index in [0.717, 1.165) is 25.9 Å². The van der Waals surface area contributed by atoms with Crippen LogP contribution in [0.4, 0.5) is 0 Å². The van der Waals surface area contributed by atoms with Crippen molar-refractivity contribution in [2.75, 3.05) is 13.1 Å². The van der Waals surface area contributed by atoms with Crippen LogP contribution in [0.25, 0.3) is 0 Å². The summed E-state index contributed by atoms with van der Waals surface area (Å²) >= 11 is 0. The molecule has 0 bridgehead atoms. The summed E-state index contributed by atoms with van der Waals surface area (Å²) in [4.78, 5) is 0. The molecule has 18 heavy (non-hydrogen) atoms. The second kappa shape index (κ2) is 6.01. The van der Waals surface area contributed by atoms with Crippen LogP contribution in [0.15, 0.2) is 55.6 Å². The first-order chi connectivity index (χ1) is 8.80. The predicted molar refractivity (Wildman–Crippen MR) is 78.7 cm³/mol. The first-order valence-corrected chi connectivity index (χ1v) is 6.79. The maximum absolute atomic E-state index is 3.95. The average Bonchev–Trinajstić information content (AvgIpc) is 2.41. The van der Waals surface area contributed by atoms with Gasteiger partial charge in [0.25, 0.3) is 0 Å². The third-order valence-electron chi connectivity index (χ3n) is 4.00. The molecule has 1 fully saturated rings. The summed E-state index contributed by atoms with van der Waals surface area (Å²) in [6.45, 7) is 9.98. The zero-order valence-electron chi connectivity index (χ0n) is 11.1. The molecule has 2 unspecified atom stereocenters. The number of piperidine rings is 1. The van der Waals surface area contributed by atoms with Crippen molar-refractivity contribution in [3.8, 4) is 0 Å². The number of hydrogen-bond donors (Lipinski definition) is 1. The summed E-state index contributed by atoms with van der Waals surface area (Å²) in [5.41, 5.74) is 1.65. The van der Waals surface area contributed by atoms with Gasteiger partial charge in [0, 0.05) is 12.0 Å². The monoisotopic (exact) mass is 241 g/mol. The Morgan fingerprint density at radius 3 is 2.67 bits per heavy atom. The van der Waals surface area contributed by atoms with E-state index in [1.54, 1.807) is 0 Å². The number of allylic oxidation sites excluding steroid dienone is 2. The van der Waals surface area contributed by atoms with Gasteiger partial charge in [0.2, 0.25) is 0 Å². The molecule has 96 valence electrons. The van der Waals surface area contributed by atoms with Crippen molar-refractivity contribution in [2.45, 2.75) is 24.7 Å². The van der Waals surface area contributed by atoms with Gasteiger partial charge in [-0.25, -0.2) is 0 Å². The molecule has 0 saturated carbocycles. The third kappa shape index (κ3) is 2.73. The van der Waals surface area contributed by atoms with E-state index in [2.05, 4.69) is 54.9 Å². The molecule has 1 heterocycles. The van der Waals surface area contributed by atoms with Gasteiger partial charge in [-0.05, 0) is 37.3 Å². The summed E-state index contributed by atoms with van der Waals surface area (Å²) in [7, 11) is 0. The van der Waals surface area contributed by atoms with E-state index in [-0.39, 0.29) is 5.41 Å². The largest absolute Gasteiger partial charge is 0.316 e. The standard InChI is InChI=1S/C17H23N/c1-3-8-15-12-17(11-4-2,14-18-13-15)16-9-6-5-7-10-16/h3-7,9-10,15,18H,1-2,8,11-14H2. The van der Waals surface area contributed by atoms with Crippen molar-refractivity contribution in [3.63, 3.8) is 0 Å². The van der Waals surface area contributed by atoms with Gasteiger partial charge in [-0.1, -0.05) is 42.5 Å². The minimum Gasteiger partial charge on any atom is -0.316 e. The van der Waals surface area contributed by atoms with Crippen LogP contribution in [-0.2, 0) is 5.41 Å². The Bertz CT molecular complexity index is 395. The molecule has 1 heteroatoms. The number of rotatable bonds is 5. The van der Waals surface area contributed by atoms with Crippen LogP contribution in [0.1, 0.15) is 24.8 Å². The minimum atomic E-state index is 0.217. The summed E-state index contributed by atoms with van der Waals surface area (Å²) in [5.74, 6) is 0.691. The van der Waals surface area contributed by atoms with Gasteiger partial charge in [-0.3, -0.25) is 0 Å². The highest BCUT2D eigenvalue weighted by Crippen LogP contribution is 2.38. The molecule has 1 nitrogen and oxygen atoms in total. The normalized spacial score (nSPS) is 27.7. The molecule has 1 aromatic carbocycles. The lowest BCUT2D eigenvalue weighted by Gasteiger charge is -2.41. The van der Waals surface area contributed by atoms with Crippen LogP contribution in [0.2, 0.25) is 0 Å².